The molecule has 0 aromatic carbocycles. The van der Waals surface area contributed by atoms with Gasteiger partial charge in [-0.25, -0.2) is 0 Å². The van der Waals surface area contributed by atoms with Gasteiger partial charge in [0.25, 0.3) is 0 Å². The van der Waals surface area contributed by atoms with Gasteiger partial charge in [-0.15, -0.1) is 0 Å². The average Bonchev–Trinajstić information content (AvgIpc) is 2.54. The van der Waals surface area contributed by atoms with Crippen molar-refractivity contribution in [2.45, 2.75) is 52.1 Å². The van der Waals surface area contributed by atoms with Crippen LogP contribution >= 0.6 is 0 Å². The van der Waals surface area contributed by atoms with E-state index in [0.29, 0.717) is 5.92 Å². The molecule has 1 aliphatic rings. The molecule has 0 radical (unpaired) electrons. The molecule has 2 unspecified atom stereocenters. The van der Waals surface area contributed by atoms with Crippen molar-refractivity contribution in [2.24, 2.45) is 5.92 Å². The summed E-state index contributed by atoms with van der Waals surface area (Å²) in [4.78, 5) is 13.2. The normalized spacial score (nSPS) is 31.6. The van der Waals surface area contributed by atoms with Gasteiger partial charge in [-0.2, -0.15) is 5.26 Å². The summed E-state index contributed by atoms with van der Waals surface area (Å²) in [5.41, 5.74) is 0. The van der Waals surface area contributed by atoms with Gasteiger partial charge in [0.2, 0.25) is 5.91 Å². The van der Waals surface area contributed by atoms with Gasteiger partial charge in [0.1, 0.15) is 6.04 Å². The molecule has 1 saturated heterocycles. The zero-order valence-corrected chi connectivity index (χ0v) is 9.16. The van der Waals surface area contributed by atoms with Gasteiger partial charge in [0, 0.05) is 13.0 Å². The van der Waals surface area contributed by atoms with Gasteiger partial charge in [-0.3, -0.25) is 4.79 Å². The molecule has 0 saturated carbocycles. The summed E-state index contributed by atoms with van der Waals surface area (Å²) in [6, 6.07) is 2.32. The van der Waals surface area contributed by atoms with Crippen molar-refractivity contribution < 1.29 is 4.79 Å². The first-order chi connectivity index (χ1) is 6.65. The van der Waals surface area contributed by atoms with E-state index >= 15 is 0 Å². The second-order valence-corrected chi connectivity index (χ2v) is 3.95. The third kappa shape index (κ3) is 1.75. The highest BCUT2D eigenvalue weighted by atomic mass is 16.2. The van der Waals surface area contributed by atoms with Crippen molar-refractivity contribution in [3.63, 3.8) is 0 Å². The van der Waals surface area contributed by atoms with Crippen molar-refractivity contribution in [3.05, 3.63) is 0 Å². The molecule has 78 valence electrons. The standard InChI is InChI=1S/C11H18N2O/c1-4-9-6-10(7-12)13(8(3)14)11(9)5-2/h9-11H,4-6H2,1-3H3/t9?,10?,11-/m0/s1. The molecule has 14 heavy (non-hydrogen) atoms. The molecule has 0 aromatic rings. The zero-order chi connectivity index (χ0) is 10.7. The highest BCUT2D eigenvalue weighted by Gasteiger charge is 2.40. The van der Waals surface area contributed by atoms with Crippen molar-refractivity contribution in [1.29, 1.82) is 5.26 Å². The SMILES string of the molecule is CCC1CC(C#N)N(C(C)=O)[C@H]1CC. The number of nitrogens with zero attached hydrogens (tertiary/aromatic N) is 2. The quantitative estimate of drug-likeness (QED) is 0.674. The number of rotatable bonds is 2. The predicted molar refractivity (Wildman–Crippen MR) is 54.4 cm³/mol. The Kier molecular flexibility index (Phi) is 3.51. The van der Waals surface area contributed by atoms with Crippen LogP contribution in [-0.2, 0) is 4.79 Å². The van der Waals surface area contributed by atoms with Crippen LogP contribution in [0.2, 0.25) is 0 Å². The van der Waals surface area contributed by atoms with E-state index in [9.17, 15) is 4.79 Å². The largest absolute Gasteiger partial charge is 0.324 e. The second kappa shape index (κ2) is 4.45. The van der Waals surface area contributed by atoms with Gasteiger partial charge in [-0.1, -0.05) is 20.3 Å². The topological polar surface area (TPSA) is 44.1 Å². The van der Waals surface area contributed by atoms with Crippen LogP contribution in [0.1, 0.15) is 40.0 Å². The predicted octanol–water partition coefficient (Wildman–Crippen LogP) is 1.94. The lowest BCUT2D eigenvalue weighted by Crippen LogP contribution is -2.40. The average molecular weight is 194 g/mol. The summed E-state index contributed by atoms with van der Waals surface area (Å²) in [7, 11) is 0. The number of hydrogen-bond acceptors (Lipinski definition) is 2. The Bertz CT molecular complexity index is 257. The number of amides is 1. The van der Waals surface area contributed by atoms with Gasteiger partial charge in [0.15, 0.2) is 0 Å². The van der Waals surface area contributed by atoms with Crippen molar-refractivity contribution in [1.82, 2.24) is 4.90 Å². The van der Waals surface area contributed by atoms with Crippen LogP contribution in [0.4, 0.5) is 0 Å². The van der Waals surface area contributed by atoms with Crippen LogP contribution in [0.3, 0.4) is 0 Å². The Morgan fingerprint density at radius 2 is 2.14 bits per heavy atom. The van der Waals surface area contributed by atoms with Gasteiger partial charge in [-0.05, 0) is 18.8 Å². The van der Waals surface area contributed by atoms with E-state index in [1.807, 2.05) is 0 Å². The molecular formula is C11H18N2O. The molecule has 1 heterocycles. The van der Waals surface area contributed by atoms with Crippen molar-refractivity contribution in [2.75, 3.05) is 0 Å². The van der Waals surface area contributed by atoms with E-state index in [0.717, 1.165) is 19.3 Å². The maximum atomic E-state index is 11.4. The van der Waals surface area contributed by atoms with E-state index in [2.05, 4.69) is 19.9 Å². The fourth-order valence-electron chi connectivity index (χ4n) is 2.55. The first kappa shape index (κ1) is 11.0. The maximum absolute atomic E-state index is 11.4. The molecule has 1 fully saturated rings. The third-order valence-corrected chi connectivity index (χ3v) is 3.22. The Morgan fingerprint density at radius 1 is 1.50 bits per heavy atom. The van der Waals surface area contributed by atoms with E-state index in [4.69, 9.17) is 5.26 Å². The number of carbonyl (C=O) groups excluding carboxylic acids is 1. The molecule has 0 aliphatic carbocycles. The lowest BCUT2D eigenvalue weighted by Gasteiger charge is -2.27. The molecule has 3 atom stereocenters. The number of hydrogen-bond donors (Lipinski definition) is 0. The Labute approximate surface area is 85.7 Å². The number of carbonyl (C=O) groups is 1. The molecule has 0 bridgehead atoms. The third-order valence-electron chi connectivity index (χ3n) is 3.22. The Morgan fingerprint density at radius 3 is 2.50 bits per heavy atom. The Balaban J connectivity index is 2.87. The molecule has 0 N–H and O–H groups in total. The van der Waals surface area contributed by atoms with E-state index in [-0.39, 0.29) is 18.0 Å². The highest BCUT2D eigenvalue weighted by Crippen LogP contribution is 2.33. The van der Waals surface area contributed by atoms with Crippen LogP contribution in [-0.4, -0.2) is 22.9 Å². The molecular weight excluding hydrogens is 176 g/mol. The molecule has 0 aromatic heterocycles. The van der Waals surface area contributed by atoms with Crippen LogP contribution in [0.15, 0.2) is 0 Å². The summed E-state index contributed by atoms with van der Waals surface area (Å²) in [6.45, 7) is 5.78. The number of likely N-dealkylation sites (tertiary alicyclic amines) is 1. The summed E-state index contributed by atoms with van der Waals surface area (Å²) in [5, 5.41) is 8.97. The van der Waals surface area contributed by atoms with Crippen LogP contribution in [0.5, 0.6) is 0 Å². The monoisotopic (exact) mass is 194 g/mol. The molecule has 0 spiro atoms. The first-order valence-electron chi connectivity index (χ1n) is 5.34. The highest BCUT2D eigenvalue weighted by molar-refractivity contribution is 5.74. The minimum absolute atomic E-state index is 0.0411. The molecule has 3 nitrogen and oxygen atoms in total. The first-order valence-corrected chi connectivity index (χ1v) is 5.34. The summed E-state index contributed by atoms with van der Waals surface area (Å²) in [6.07, 6.45) is 2.86. The molecule has 1 rings (SSSR count). The zero-order valence-electron chi connectivity index (χ0n) is 9.16. The lowest BCUT2D eigenvalue weighted by atomic mass is 9.95. The molecule has 1 amide bonds. The van der Waals surface area contributed by atoms with Crippen LogP contribution < -0.4 is 0 Å². The van der Waals surface area contributed by atoms with Gasteiger partial charge < -0.3 is 4.90 Å². The van der Waals surface area contributed by atoms with E-state index < -0.39 is 0 Å². The van der Waals surface area contributed by atoms with Crippen molar-refractivity contribution in [3.8, 4) is 6.07 Å². The fourth-order valence-corrected chi connectivity index (χ4v) is 2.55. The van der Waals surface area contributed by atoms with E-state index in [1.54, 1.807) is 11.8 Å². The fraction of sp³-hybridized carbons (Fsp3) is 0.818. The Hall–Kier alpha value is -1.04. The smallest absolute Gasteiger partial charge is 0.220 e. The van der Waals surface area contributed by atoms with E-state index in [1.165, 1.54) is 0 Å². The summed E-state index contributed by atoms with van der Waals surface area (Å²) >= 11 is 0. The van der Waals surface area contributed by atoms with Gasteiger partial charge in [0.05, 0.1) is 6.07 Å². The van der Waals surface area contributed by atoms with Crippen molar-refractivity contribution >= 4 is 5.91 Å². The number of nitriles is 1. The minimum Gasteiger partial charge on any atom is -0.324 e. The summed E-state index contributed by atoms with van der Waals surface area (Å²) < 4.78 is 0. The lowest BCUT2D eigenvalue weighted by molar-refractivity contribution is -0.131. The van der Waals surface area contributed by atoms with Crippen LogP contribution in [0, 0.1) is 17.2 Å². The van der Waals surface area contributed by atoms with Crippen LogP contribution in [0.25, 0.3) is 0 Å². The molecule has 1 aliphatic heterocycles. The minimum atomic E-state index is -0.192. The maximum Gasteiger partial charge on any atom is 0.220 e. The summed E-state index contributed by atoms with van der Waals surface area (Å²) in [5.74, 6) is 0.549. The van der Waals surface area contributed by atoms with Gasteiger partial charge >= 0.3 is 0 Å². The second-order valence-electron chi connectivity index (χ2n) is 3.95. The molecule has 3 heteroatoms.